The average molecular weight is 164 g/mol. The molecule has 0 saturated carbocycles. The third-order valence-corrected chi connectivity index (χ3v) is 1.37. The van der Waals surface area contributed by atoms with E-state index in [1.54, 1.807) is 0 Å². The Kier molecular flexibility index (Phi) is 4.47. The fourth-order valence-corrected chi connectivity index (χ4v) is 0. The van der Waals surface area contributed by atoms with Gasteiger partial charge in [0.1, 0.15) is 0 Å². The summed E-state index contributed by atoms with van der Waals surface area (Å²) in [6.07, 6.45) is 0. The summed E-state index contributed by atoms with van der Waals surface area (Å²) in [6, 6.07) is 0. The molecule has 0 amide bonds. The molecular formula is C2H7NSn. The maximum absolute atomic E-state index is 3.06. The van der Waals surface area contributed by atoms with Crippen LogP contribution >= 0.6 is 0 Å². The van der Waals surface area contributed by atoms with E-state index in [0.29, 0.717) is 0 Å². The van der Waals surface area contributed by atoms with Crippen molar-refractivity contribution in [2.45, 2.75) is 6.92 Å². The second-order valence-corrected chi connectivity index (χ2v) is 1.72. The fraction of sp³-hybridized carbons (Fsp3) is 1.00. The molecule has 0 aliphatic heterocycles. The Labute approximate surface area is 40.2 Å². The molecule has 2 radical (unpaired) electrons. The third kappa shape index (κ3) is 2.76. The Hall–Kier alpha value is 0.759. The van der Waals surface area contributed by atoms with Crippen LogP contribution in [-0.4, -0.2) is 29.3 Å². The van der Waals surface area contributed by atoms with Crippen LogP contribution in [0.2, 0.25) is 0 Å². The van der Waals surface area contributed by atoms with Crippen molar-refractivity contribution in [3.63, 3.8) is 0 Å². The molecule has 0 spiro atoms. The second kappa shape index (κ2) is 3.76. The van der Waals surface area contributed by atoms with Crippen LogP contribution in [0.3, 0.4) is 0 Å². The van der Waals surface area contributed by atoms with Gasteiger partial charge in [-0.1, -0.05) is 0 Å². The van der Waals surface area contributed by atoms with E-state index in [0.717, 1.165) is 6.54 Å². The van der Waals surface area contributed by atoms with Gasteiger partial charge in [-0.2, -0.15) is 0 Å². The molecule has 1 nitrogen and oxygen atoms in total. The van der Waals surface area contributed by atoms with Gasteiger partial charge in [-0.05, 0) is 0 Å². The summed E-state index contributed by atoms with van der Waals surface area (Å²) in [5, 5.41) is 0. The molecule has 0 aromatic heterocycles. The molecule has 0 bridgehead atoms. The molecule has 4 heavy (non-hydrogen) atoms. The molecule has 0 aromatic carbocycles. The summed E-state index contributed by atoms with van der Waals surface area (Å²) in [6.45, 7) is 3.23. The Morgan fingerprint density at radius 1 is 2.00 bits per heavy atom. The Balaban J connectivity index is 1.97. The molecule has 0 aromatic rings. The van der Waals surface area contributed by atoms with Crippen LogP contribution in [0.25, 0.3) is 0 Å². The van der Waals surface area contributed by atoms with Crippen LogP contribution in [0, 0.1) is 0 Å². The van der Waals surface area contributed by atoms with Crippen molar-refractivity contribution < 1.29 is 0 Å². The predicted molar refractivity (Wildman–Crippen MR) is 20.8 cm³/mol. The number of hydrogen-bond acceptors (Lipinski definition) is 1. The van der Waals surface area contributed by atoms with Crippen LogP contribution in [-0.2, 0) is 0 Å². The SMILES string of the molecule is CC[NH][SnH]. The van der Waals surface area contributed by atoms with Crippen molar-refractivity contribution in [3.05, 3.63) is 0 Å². The van der Waals surface area contributed by atoms with Crippen molar-refractivity contribution in [1.29, 1.82) is 0 Å². The fourth-order valence-electron chi connectivity index (χ4n) is 0. The van der Waals surface area contributed by atoms with Gasteiger partial charge in [0.2, 0.25) is 0 Å². The molecule has 0 fully saturated rings. The zero-order valence-electron chi connectivity index (χ0n) is 2.78. The summed E-state index contributed by atoms with van der Waals surface area (Å²) in [5.74, 6) is 0. The quantitative estimate of drug-likeness (QED) is 0.510. The average Bonchev–Trinajstić information content (AvgIpc) is 1.37. The van der Waals surface area contributed by atoms with Crippen LogP contribution in [0.4, 0.5) is 0 Å². The minimum atomic E-state index is 1.13. The molecule has 1 N–H and O–H groups in total. The van der Waals surface area contributed by atoms with E-state index in [1.165, 1.54) is 22.8 Å². The topological polar surface area (TPSA) is 12.0 Å². The van der Waals surface area contributed by atoms with Crippen molar-refractivity contribution in [1.82, 2.24) is 3.54 Å². The minimum absolute atomic E-state index is 1.13. The van der Waals surface area contributed by atoms with Crippen molar-refractivity contribution in [3.8, 4) is 0 Å². The normalized spacial score (nSPS) is 7.50. The van der Waals surface area contributed by atoms with Crippen LogP contribution < -0.4 is 3.54 Å². The van der Waals surface area contributed by atoms with Crippen LogP contribution in [0.5, 0.6) is 0 Å². The van der Waals surface area contributed by atoms with E-state index in [9.17, 15) is 0 Å². The molecule has 24 valence electrons. The Morgan fingerprint density at radius 2 is 2.25 bits per heavy atom. The first-order valence-electron chi connectivity index (χ1n) is 1.35. The predicted octanol–water partition coefficient (Wildman–Crippen LogP) is -0.588. The molecule has 0 atom stereocenters. The zero-order chi connectivity index (χ0) is 3.41. The second-order valence-electron chi connectivity index (χ2n) is 0.558. The van der Waals surface area contributed by atoms with Gasteiger partial charge in [0.05, 0.1) is 0 Å². The van der Waals surface area contributed by atoms with Crippen molar-refractivity contribution in [2.75, 3.05) is 6.54 Å². The summed E-state index contributed by atoms with van der Waals surface area (Å²) >= 11 is 1.19. The maximum atomic E-state index is 3.06. The first-order valence-corrected chi connectivity index (χ1v) is 3.00. The molecule has 0 aliphatic carbocycles. The van der Waals surface area contributed by atoms with Crippen LogP contribution in [0.15, 0.2) is 0 Å². The molecule has 0 saturated heterocycles. The van der Waals surface area contributed by atoms with Crippen molar-refractivity contribution >= 4 is 22.8 Å². The van der Waals surface area contributed by atoms with Gasteiger partial charge in [0.15, 0.2) is 0 Å². The zero-order valence-corrected chi connectivity index (χ0v) is 6.08. The first kappa shape index (κ1) is 4.76. The summed E-state index contributed by atoms with van der Waals surface area (Å²) < 4.78 is 3.06. The van der Waals surface area contributed by atoms with Gasteiger partial charge in [-0.3, -0.25) is 0 Å². The first-order chi connectivity index (χ1) is 1.91. The number of rotatable bonds is 1. The summed E-state index contributed by atoms with van der Waals surface area (Å²) in [5.41, 5.74) is 0. The van der Waals surface area contributed by atoms with Crippen molar-refractivity contribution in [2.24, 2.45) is 0 Å². The van der Waals surface area contributed by atoms with E-state index in [1.807, 2.05) is 0 Å². The third-order valence-electron chi connectivity index (χ3n) is 0.204. The van der Waals surface area contributed by atoms with Gasteiger partial charge >= 0.3 is 39.8 Å². The van der Waals surface area contributed by atoms with Gasteiger partial charge in [0, 0.05) is 0 Å². The molecule has 2 heteroatoms. The molecule has 0 aliphatic rings. The Bertz CT molecular complexity index is 8.00. The van der Waals surface area contributed by atoms with E-state index in [-0.39, 0.29) is 0 Å². The van der Waals surface area contributed by atoms with E-state index in [4.69, 9.17) is 0 Å². The summed E-state index contributed by atoms with van der Waals surface area (Å²) in [4.78, 5) is 0. The van der Waals surface area contributed by atoms with E-state index >= 15 is 0 Å². The molecule has 0 unspecified atom stereocenters. The number of nitrogens with one attached hydrogen (secondary N) is 1. The van der Waals surface area contributed by atoms with Crippen LogP contribution in [0.1, 0.15) is 6.92 Å². The Morgan fingerprint density at radius 3 is 2.25 bits per heavy atom. The molecule has 0 heterocycles. The van der Waals surface area contributed by atoms with Gasteiger partial charge in [0.25, 0.3) is 0 Å². The van der Waals surface area contributed by atoms with Gasteiger partial charge in [-0.15, -0.1) is 0 Å². The van der Waals surface area contributed by atoms with E-state index < -0.39 is 0 Å². The van der Waals surface area contributed by atoms with Gasteiger partial charge in [-0.25, -0.2) is 0 Å². The van der Waals surface area contributed by atoms with E-state index in [2.05, 4.69) is 10.5 Å². The summed E-state index contributed by atoms with van der Waals surface area (Å²) in [7, 11) is 0. The standard InChI is InChI=1S/C2H6N.Sn.H/c1-2-3;;/h3H,2H2,1H3;;/q-1;+1;. The number of hydrogen-bond donors (Lipinski definition) is 1. The molecule has 0 rings (SSSR count). The monoisotopic (exact) mass is 165 g/mol. The molecular weight excluding hydrogens is 157 g/mol. The van der Waals surface area contributed by atoms with Gasteiger partial charge < -0.3 is 0 Å².